The monoisotopic (exact) mass is 339 g/mol. The highest BCUT2D eigenvalue weighted by atomic mass is 35.5. The Kier molecular flexibility index (Phi) is 3.77. The van der Waals surface area contributed by atoms with Crippen LogP contribution in [0.25, 0.3) is 5.65 Å². The minimum Gasteiger partial charge on any atom is -0.344 e. The van der Waals surface area contributed by atoms with E-state index in [1.54, 1.807) is 10.6 Å². The Labute approximate surface area is 145 Å². The number of imidazole rings is 1. The molecule has 1 aliphatic rings. The smallest absolute Gasteiger partial charge is 0.272 e. The zero-order valence-corrected chi connectivity index (χ0v) is 14.1. The summed E-state index contributed by atoms with van der Waals surface area (Å²) in [6.45, 7) is 2.22. The molecule has 1 N–H and O–H groups in total. The predicted molar refractivity (Wildman–Crippen MR) is 94.1 cm³/mol. The van der Waals surface area contributed by atoms with Crippen LogP contribution in [0.5, 0.6) is 0 Å². The first-order valence-corrected chi connectivity index (χ1v) is 8.51. The van der Waals surface area contributed by atoms with E-state index in [1.807, 2.05) is 36.4 Å². The summed E-state index contributed by atoms with van der Waals surface area (Å²) in [6, 6.07) is 15.7. The molecule has 1 fully saturated rings. The van der Waals surface area contributed by atoms with Gasteiger partial charge in [0.1, 0.15) is 5.65 Å². The second kappa shape index (κ2) is 5.95. The molecule has 24 heavy (non-hydrogen) atoms. The summed E-state index contributed by atoms with van der Waals surface area (Å²) in [5.41, 5.74) is 2.19. The molecule has 4 nitrogen and oxygen atoms in total. The number of rotatable bonds is 4. The normalized spacial score (nSPS) is 20.8. The van der Waals surface area contributed by atoms with Gasteiger partial charge in [0.2, 0.25) is 0 Å². The number of aromatic nitrogens is 2. The molecule has 1 saturated carbocycles. The average Bonchev–Trinajstić information content (AvgIpc) is 3.21. The molecular weight excluding hydrogens is 322 g/mol. The fourth-order valence-electron chi connectivity index (χ4n) is 3.29. The predicted octanol–water partition coefficient (Wildman–Crippen LogP) is 4.11. The lowest BCUT2D eigenvalue weighted by molar-refractivity contribution is 0.0925. The Morgan fingerprint density at radius 1 is 1.25 bits per heavy atom. The summed E-state index contributed by atoms with van der Waals surface area (Å²) in [5.74, 6) is 0.897. The average molecular weight is 340 g/mol. The number of fused-ring (bicyclic) bond motifs is 1. The van der Waals surface area contributed by atoms with Crippen LogP contribution in [0.1, 0.15) is 35.4 Å². The maximum absolute atomic E-state index is 12.9. The zero-order valence-electron chi connectivity index (χ0n) is 13.3. The summed E-state index contributed by atoms with van der Waals surface area (Å²) in [5, 5.41) is 3.41. The Hall–Kier alpha value is -2.33. The van der Waals surface area contributed by atoms with Crippen LogP contribution in [-0.4, -0.2) is 15.3 Å². The molecule has 1 amide bonds. The van der Waals surface area contributed by atoms with Crippen molar-refractivity contribution in [3.63, 3.8) is 0 Å². The van der Waals surface area contributed by atoms with Gasteiger partial charge in [0.15, 0.2) is 10.8 Å². The third kappa shape index (κ3) is 2.67. The minimum absolute atomic E-state index is 0.000899. The number of pyridine rings is 1. The van der Waals surface area contributed by atoms with E-state index in [0.717, 1.165) is 12.0 Å². The maximum Gasteiger partial charge on any atom is 0.272 e. The summed E-state index contributed by atoms with van der Waals surface area (Å²) in [7, 11) is 0. The molecular formula is C19H18ClN3O. The first kappa shape index (κ1) is 15.2. The number of amides is 1. The molecule has 4 rings (SSSR count). The molecule has 1 aliphatic carbocycles. The minimum atomic E-state index is -0.188. The van der Waals surface area contributed by atoms with Crippen LogP contribution < -0.4 is 5.32 Å². The molecule has 0 spiro atoms. The number of hydrogen-bond donors (Lipinski definition) is 1. The Balaban J connectivity index is 1.67. The van der Waals surface area contributed by atoms with Crippen molar-refractivity contribution in [2.45, 2.75) is 19.4 Å². The molecule has 2 aromatic heterocycles. The van der Waals surface area contributed by atoms with Gasteiger partial charge in [-0.1, -0.05) is 54.9 Å². The fourth-order valence-corrected chi connectivity index (χ4v) is 3.56. The van der Waals surface area contributed by atoms with E-state index in [2.05, 4.69) is 29.4 Å². The third-order valence-corrected chi connectivity index (χ3v) is 5.01. The number of nitrogens with zero attached hydrogens (tertiary/aromatic N) is 2. The molecule has 5 heteroatoms. The zero-order chi connectivity index (χ0) is 16.7. The topological polar surface area (TPSA) is 46.4 Å². The largest absolute Gasteiger partial charge is 0.344 e. The van der Waals surface area contributed by atoms with Gasteiger partial charge < -0.3 is 5.32 Å². The lowest BCUT2D eigenvalue weighted by atomic mass is 10.0. The number of carbonyl (C=O) groups excluding carboxylic acids is 1. The van der Waals surface area contributed by atoms with Crippen molar-refractivity contribution in [2.75, 3.05) is 0 Å². The Morgan fingerprint density at radius 3 is 2.67 bits per heavy atom. The number of halogens is 1. The number of nitrogens with one attached hydrogen (secondary N) is 1. The molecule has 0 radical (unpaired) electrons. The van der Waals surface area contributed by atoms with E-state index in [9.17, 15) is 4.79 Å². The summed E-state index contributed by atoms with van der Waals surface area (Å²) < 4.78 is 1.73. The molecule has 0 bridgehead atoms. The fraction of sp³-hybridized carbons (Fsp3) is 0.263. The van der Waals surface area contributed by atoms with Crippen molar-refractivity contribution >= 4 is 23.2 Å². The number of benzene rings is 1. The highest BCUT2D eigenvalue weighted by Crippen LogP contribution is 2.47. The standard InChI is InChI=1S/C19H18ClN3O/c1-12-11-14(12)16(13-7-3-2-4-8-13)22-19(24)17-18(20)21-15-9-5-6-10-23(15)17/h2-10,12,14,16H,11H2,1H3,(H,22,24). The molecule has 0 saturated heterocycles. The second-order valence-electron chi connectivity index (χ2n) is 6.42. The third-order valence-electron chi connectivity index (χ3n) is 4.75. The number of carbonyl (C=O) groups is 1. The summed E-state index contributed by atoms with van der Waals surface area (Å²) in [6.07, 6.45) is 2.93. The van der Waals surface area contributed by atoms with E-state index in [1.165, 1.54) is 0 Å². The first-order valence-electron chi connectivity index (χ1n) is 8.13. The quantitative estimate of drug-likeness (QED) is 0.777. The van der Waals surface area contributed by atoms with Gasteiger partial charge in [-0.05, 0) is 36.0 Å². The van der Waals surface area contributed by atoms with Crippen molar-refractivity contribution in [1.82, 2.24) is 14.7 Å². The van der Waals surface area contributed by atoms with Crippen LogP contribution in [0, 0.1) is 11.8 Å². The van der Waals surface area contributed by atoms with E-state index >= 15 is 0 Å². The first-order chi connectivity index (χ1) is 11.6. The lowest BCUT2D eigenvalue weighted by Gasteiger charge is -2.19. The van der Waals surface area contributed by atoms with Gasteiger partial charge in [-0.2, -0.15) is 0 Å². The Morgan fingerprint density at radius 2 is 1.96 bits per heavy atom. The van der Waals surface area contributed by atoms with Crippen molar-refractivity contribution in [1.29, 1.82) is 0 Å². The SMILES string of the molecule is CC1CC1C(NC(=O)c1c(Cl)nc2ccccn12)c1ccccc1. The Bertz CT molecular complexity index is 890. The van der Waals surface area contributed by atoms with Gasteiger partial charge in [0.05, 0.1) is 6.04 Å². The molecule has 3 atom stereocenters. The van der Waals surface area contributed by atoms with Gasteiger partial charge in [0.25, 0.3) is 5.91 Å². The van der Waals surface area contributed by atoms with E-state index in [0.29, 0.717) is 23.2 Å². The van der Waals surface area contributed by atoms with E-state index in [4.69, 9.17) is 11.6 Å². The second-order valence-corrected chi connectivity index (χ2v) is 6.78. The van der Waals surface area contributed by atoms with Gasteiger partial charge in [0, 0.05) is 6.20 Å². The molecule has 3 aromatic rings. The molecule has 2 heterocycles. The van der Waals surface area contributed by atoms with Gasteiger partial charge in [-0.15, -0.1) is 0 Å². The van der Waals surface area contributed by atoms with Gasteiger partial charge >= 0.3 is 0 Å². The highest BCUT2D eigenvalue weighted by molar-refractivity contribution is 6.32. The van der Waals surface area contributed by atoms with E-state index < -0.39 is 0 Å². The van der Waals surface area contributed by atoms with Crippen LogP contribution in [-0.2, 0) is 0 Å². The molecule has 0 aliphatic heterocycles. The van der Waals surface area contributed by atoms with Gasteiger partial charge in [-0.3, -0.25) is 9.20 Å². The van der Waals surface area contributed by atoms with E-state index in [-0.39, 0.29) is 17.1 Å². The van der Waals surface area contributed by atoms with Crippen molar-refractivity contribution in [2.24, 2.45) is 11.8 Å². The number of hydrogen-bond acceptors (Lipinski definition) is 2. The van der Waals surface area contributed by atoms with Crippen molar-refractivity contribution < 1.29 is 4.79 Å². The molecule has 1 aromatic carbocycles. The summed E-state index contributed by atoms with van der Waals surface area (Å²) >= 11 is 6.22. The molecule has 3 unspecified atom stereocenters. The van der Waals surface area contributed by atoms with Crippen LogP contribution in [0.4, 0.5) is 0 Å². The highest BCUT2D eigenvalue weighted by Gasteiger charge is 2.41. The van der Waals surface area contributed by atoms with Crippen LogP contribution in [0.2, 0.25) is 5.15 Å². The van der Waals surface area contributed by atoms with Crippen molar-refractivity contribution in [3.8, 4) is 0 Å². The molecule has 122 valence electrons. The van der Waals surface area contributed by atoms with Crippen LogP contribution in [0.15, 0.2) is 54.7 Å². The summed E-state index contributed by atoms with van der Waals surface area (Å²) in [4.78, 5) is 17.2. The van der Waals surface area contributed by atoms with Crippen molar-refractivity contribution in [3.05, 3.63) is 71.1 Å². The van der Waals surface area contributed by atoms with Crippen LogP contribution in [0.3, 0.4) is 0 Å². The van der Waals surface area contributed by atoms with Crippen LogP contribution >= 0.6 is 11.6 Å². The lowest BCUT2D eigenvalue weighted by Crippen LogP contribution is -2.31. The maximum atomic E-state index is 12.9. The van der Waals surface area contributed by atoms with Gasteiger partial charge in [-0.25, -0.2) is 4.98 Å².